The van der Waals surface area contributed by atoms with Gasteiger partial charge in [0, 0.05) is 23.1 Å². The summed E-state index contributed by atoms with van der Waals surface area (Å²) < 4.78 is 27.6. The van der Waals surface area contributed by atoms with Crippen LogP contribution >= 0.6 is 11.6 Å². The molecule has 4 saturated carbocycles. The van der Waals surface area contributed by atoms with Crippen LogP contribution in [0.4, 0.5) is 0 Å². The summed E-state index contributed by atoms with van der Waals surface area (Å²) in [5, 5.41) is -0.248. The summed E-state index contributed by atoms with van der Waals surface area (Å²) in [5.41, 5.74) is 0. The van der Waals surface area contributed by atoms with Crippen LogP contribution in [0.2, 0.25) is 0 Å². The second-order valence-electron chi connectivity index (χ2n) is 5.56. The molecule has 0 aliphatic heterocycles. The lowest BCUT2D eigenvalue weighted by Crippen LogP contribution is -2.60. The summed E-state index contributed by atoms with van der Waals surface area (Å²) in [5.74, 6) is 0.348. The Hall–Kier alpha value is -0.130. The van der Waals surface area contributed by atoms with Crippen molar-refractivity contribution in [3.05, 3.63) is 0 Å². The van der Waals surface area contributed by atoms with E-state index < -0.39 is 16.2 Å². The van der Waals surface area contributed by atoms with Gasteiger partial charge in [-0.25, -0.2) is 0 Å². The molecule has 4 rings (SSSR count). The molecule has 4 aliphatic carbocycles. The molecule has 0 N–H and O–H groups in total. The summed E-state index contributed by atoms with van der Waals surface area (Å²) >= 11 is 6.29. The Morgan fingerprint density at radius 3 is 2.53 bits per heavy atom. The van der Waals surface area contributed by atoms with Crippen molar-refractivity contribution < 1.29 is 17.4 Å². The summed E-state index contributed by atoms with van der Waals surface area (Å²) in [6.45, 7) is 0. The fourth-order valence-electron chi connectivity index (χ4n) is 3.86. The van der Waals surface area contributed by atoms with Crippen LogP contribution < -0.4 is 0 Å². The van der Waals surface area contributed by atoms with Crippen LogP contribution in [0.5, 0.6) is 0 Å². The number of carbonyl (C=O) groups excluding carboxylic acids is 1. The summed E-state index contributed by atoms with van der Waals surface area (Å²) in [6, 6.07) is 0. The average Bonchev–Trinajstić information content (AvgIpc) is 2.21. The molecule has 0 aromatic heterocycles. The van der Waals surface area contributed by atoms with Crippen LogP contribution in [0.1, 0.15) is 19.3 Å². The Morgan fingerprint density at radius 1 is 1.24 bits per heavy atom. The molecule has 96 valence electrons. The highest BCUT2D eigenvalue weighted by Crippen LogP contribution is 2.54. The molecule has 4 nitrogen and oxygen atoms in total. The van der Waals surface area contributed by atoms with Gasteiger partial charge in [0.1, 0.15) is 5.78 Å². The third kappa shape index (κ3) is 1.83. The van der Waals surface area contributed by atoms with Gasteiger partial charge in [0.15, 0.2) is 0 Å². The molecule has 4 unspecified atom stereocenters. The zero-order chi connectivity index (χ0) is 12.4. The molecule has 0 amide bonds. The Kier molecular flexibility index (Phi) is 2.58. The highest BCUT2D eigenvalue weighted by molar-refractivity contribution is 7.86. The minimum Gasteiger partial charge on any atom is -0.299 e. The number of carbonyl (C=O) groups is 1. The Labute approximate surface area is 106 Å². The van der Waals surface area contributed by atoms with Crippen LogP contribution in [0, 0.1) is 23.7 Å². The minimum absolute atomic E-state index is 0.0200. The van der Waals surface area contributed by atoms with Crippen molar-refractivity contribution >= 4 is 27.5 Å². The Morgan fingerprint density at radius 2 is 1.88 bits per heavy atom. The van der Waals surface area contributed by atoms with E-state index in [4.69, 9.17) is 15.8 Å². The molecule has 4 bridgehead atoms. The van der Waals surface area contributed by atoms with E-state index in [-0.39, 0.29) is 28.9 Å². The van der Waals surface area contributed by atoms with Crippen LogP contribution in [0.15, 0.2) is 0 Å². The average molecular weight is 279 g/mol. The maximum Gasteiger partial charge on any atom is 0.264 e. The van der Waals surface area contributed by atoms with E-state index >= 15 is 0 Å². The predicted molar refractivity (Wildman–Crippen MR) is 62.2 cm³/mol. The van der Waals surface area contributed by atoms with Gasteiger partial charge in [0.2, 0.25) is 0 Å². The van der Waals surface area contributed by atoms with E-state index in [1.165, 1.54) is 0 Å². The fraction of sp³-hybridized carbons (Fsp3) is 0.909. The number of hydrogen-bond donors (Lipinski definition) is 0. The van der Waals surface area contributed by atoms with Gasteiger partial charge in [0.25, 0.3) is 10.1 Å². The lowest BCUT2D eigenvalue weighted by atomic mass is 9.54. The molecule has 6 atom stereocenters. The second-order valence-corrected chi connectivity index (χ2v) is 7.67. The van der Waals surface area contributed by atoms with Gasteiger partial charge in [-0.1, -0.05) is 0 Å². The van der Waals surface area contributed by atoms with E-state index in [9.17, 15) is 13.2 Å². The lowest BCUT2D eigenvalue weighted by Gasteiger charge is -2.54. The molecule has 0 aromatic rings. The van der Waals surface area contributed by atoms with Crippen LogP contribution in [-0.4, -0.2) is 31.9 Å². The predicted octanol–water partition coefficient (Wildman–Crippen LogP) is 1.18. The number of rotatable bonds is 2. The molecular formula is C11H15ClO4S. The molecule has 0 aromatic carbocycles. The normalized spacial score (nSPS) is 48.7. The van der Waals surface area contributed by atoms with Gasteiger partial charge in [-0.15, -0.1) is 11.6 Å². The van der Waals surface area contributed by atoms with Crippen LogP contribution in [0.3, 0.4) is 0 Å². The van der Waals surface area contributed by atoms with Gasteiger partial charge < -0.3 is 0 Å². The van der Waals surface area contributed by atoms with Crippen molar-refractivity contribution in [3.63, 3.8) is 0 Å². The third-order valence-corrected chi connectivity index (χ3v) is 5.61. The van der Waals surface area contributed by atoms with Gasteiger partial charge >= 0.3 is 0 Å². The quantitative estimate of drug-likeness (QED) is 0.562. The first-order chi connectivity index (χ1) is 7.87. The molecular weight excluding hydrogens is 264 g/mol. The number of alkyl halides is 1. The van der Waals surface area contributed by atoms with Crippen molar-refractivity contribution in [1.82, 2.24) is 0 Å². The topological polar surface area (TPSA) is 60.4 Å². The monoisotopic (exact) mass is 278 g/mol. The fourth-order valence-corrected chi connectivity index (χ4v) is 5.02. The first kappa shape index (κ1) is 11.9. The first-order valence-corrected chi connectivity index (χ1v) is 8.18. The van der Waals surface area contributed by atoms with Crippen molar-refractivity contribution in [2.75, 3.05) is 6.26 Å². The standard InChI is InChI=1S/C11H15ClO4S/c1-17(14,15)16-11-7-3-5-2-6(9(7)12)10(13)8(11)4-5/h5-9,11H,2-4H2,1H3/t5?,6?,7?,8?,9-,11+/m1/s1. The first-order valence-electron chi connectivity index (χ1n) is 5.93. The molecule has 0 heterocycles. The molecule has 17 heavy (non-hydrogen) atoms. The van der Waals surface area contributed by atoms with Gasteiger partial charge in [-0.3, -0.25) is 8.98 Å². The zero-order valence-corrected chi connectivity index (χ0v) is 11.1. The van der Waals surface area contributed by atoms with E-state index in [0.29, 0.717) is 5.92 Å². The smallest absolute Gasteiger partial charge is 0.264 e. The van der Waals surface area contributed by atoms with E-state index in [2.05, 4.69) is 0 Å². The van der Waals surface area contributed by atoms with Crippen molar-refractivity contribution in [2.45, 2.75) is 30.7 Å². The van der Waals surface area contributed by atoms with E-state index in [1.54, 1.807) is 0 Å². The maximum absolute atomic E-state index is 12.1. The Balaban J connectivity index is 1.93. The molecule has 6 heteroatoms. The zero-order valence-electron chi connectivity index (χ0n) is 9.50. The second kappa shape index (κ2) is 3.68. The van der Waals surface area contributed by atoms with Crippen molar-refractivity contribution in [3.8, 4) is 0 Å². The highest BCUT2D eigenvalue weighted by atomic mass is 35.5. The summed E-state index contributed by atoms with van der Waals surface area (Å²) in [4.78, 5) is 12.1. The number of Topliss-reactive ketones (excluding diaryl/α,β-unsaturated/α-hetero) is 1. The minimum atomic E-state index is -3.53. The Bertz CT molecular complexity index is 460. The largest absolute Gasteiger partial charge is 0.299 e. The van der Waals surface area contributed by atoms with Crippen LogP contribution in [-0.2, 0) is 19.1 Å². The van der Waals surface area contributed by atoms with E-state index in [1.807, 2.05) is 0 Å². The van der Waals surface area contributed by atoms with Crippen molar-refractivity contribution in [1.29, 1.82) is 0 Å². The molecule has 4 fully saturated rings. The van der Waals surface area contributed by atoms with Crippen molar-refractivity contribution in [2.24, 2.45) is 23.7 Å². The molecule has 0 saturated heterocycles. The third-order valence-electron chi connectivity index (χ3n) is 4.41. The highest BCUT2D eigenvalue weighted by Gasteiger charge is 2.58. The number of halogens is 1. The van der Waals surface area contributed by atoms with Gasteiger partial charge in [-0.2, -0.15) is 8.42 Å². The maximum atomic E-state index is 12.1. The van der Waals surface area contributed by atoms with Gasteiger partial charge in [-0.05, 0) is 25.2 Å². The number of hydrogen-bond acceptors (Lipinski definition) is 4. The molecule has 0 spiro atoms. The molecule has 4 aliphatic rings. The lowest BCUT2D eigenvalue weighted by molar-refractivity contribution is -0.150. The summed E-state index contributed by atoms with van der Waals surface area (Å²) in [6.07, 6.45) is 3.06. The molecule has 0 radical (unpaired) electrons. The summed E-state index contributed by atoms with van der Waals surface area (Å²) in [7, 11) is -3.53. The SMILES string of the molecule is CS(=O)(=O)O[C@@H]1C2CC3CC(C2=O)[C@@H](Cl)C1C3. The number of ketones is 1. The van der Waals surface area contributed by atoms with E-state index in [0.717, 1.165) is 25.5 Å². The van der Waals surface area contributed by atoms with Gasteiger partial charge in [0.05, 0.1) is 12.4 Å². The van der Waals surface area contributed by atoms with Crippen LogP contribution in [0.25, 0.3) is 0 Å².